The SMILES string of the molecule is NC(C1=NOCCO1)c1ccccc1. The van der Waals surface area contributed by atoms with E-state index in [1.54, 1.807) is 0 Å². The van der Waals surface area contributed by atoms with Gasteiger partial charge in [-0.15, -0.1) is 0 Å². The van der Waals surface area contributed by atoms with E-state index in [1.807, 2.05) is 30.3 Å². The number of benzene rings is 1. The number of nitrogens with zero attached hydrogens (tertiary/aromatic N) is 1. The molecule has 1 heterocycles. The van der Waals surface area contributed by atoms with Gasteiger partial charge >= 0.3 is 0 Å². The van der Waals surface area contributed by atoms with Crippen molar-refractivity contribution >= 4 is 5.90 Å². The van der Waals surface area contributed by atoms with Gasteiger partial charge in [-0.25, -0.2) is 0 Å². The molecule has 0 radical (unpaired) electrons. The summed E-state index contributed by atoms with van der Waals surface area (Å²) >= 11 is 0. The Hall–Kier alpha value is -1.55. The molecular formula is C10H12N2O2. The van der Waals surface area contributed by atoms with Crippen LogP contribution in [0.1, 0.15) is 11.6 Å². The molecule has 0 amide bonds. The van der Waals surface area contributed by atoms with Crippen LogP contribution in [0.5, 0.6) is 0 Å². The average Bonchev–Trinajstić information content (AvgIpc) is 2.30. The monoisotopic (exact) mass is 192 g/mol. The molecule has 0 saturated heterocycles. The minimum Gasteiger partial charge on any atom is -0.474 e. The van der Waals surface area contributed by atoms with Crippen LogP contribution in [0.15, 0.2) is 35.5 Å². The van der Waals surface area contributed by atoms with Gasteiger partial charge in [0.2, 0.25) is 5.90 Å². The van der Waals surface area contributed by atoms with E-state index < -0.39 is 0 Å². The average molecular weight is 192 g/mol. The molecule has 0 saturated carbocycles. The van der Waals surface area contributed by atoms with E-state index in [2.05, 4.69) is 5.16 Å². The normalized spacial score (nSPS) is 17.6. The lowest BCUT2D eigenvalue weighted by Gasteiger charge is -2.18. The maximum Gasteiger partial charge on any atom is 0.247 e. The molecule has 1 aliphatic heterocycles. The molecule has 0 aliphatic carbocycles. The highest BCUT2D eigenvalue weighted by Gasteiger charge is 2.18. The molecule has 1 atom stereocenters. The third kappa shape index (κ3) is 1.85. The van der Waals surface area contributed by atoms with Crippen LogP contribution >= 0.6 is 0 Å². The first-order valence-electron chi connectivity index (χ1n) is 4.51. The Balaban J connectivity index is 2.15. The second-order valence-corrected chi connectivity index (χ2v) is 3.00. The van der Waals surface area contributed by atoms with Crippen molar-refractivity contribution in [2.24, 2.45) is 10.9 Å². The van der Waals surface area contributed by atoms with Gasteiger partial charge in [-0.1, -0.05) is 30.3 Å². The second kappa shape index (κ2) is 4.11. The number of nitrogens with two attached hydrogens (primary N) is 1. The summed E-state index contributed by atoms with van der Waals surface area (Å²) in [6.45, 7) is 1.00. The molecule has 4 heteroatoms. The Morgan fingerprint density at radius 2 is 2.00 bits per heavy atom. The second-order valence-electron chi connectivity index (χ2n) is 3.00. The highest BCUT2D eigenvalue weighted by atomic mass is 16.7. The van der Waals surface area contributed by atoms with E-state index in [-0.39, 0.29) is 6.04 Å². The smallest absolute Gasteiger partial charge is 0.247 e. The molecule has 0 aromatic heterocycles. The van der Waals surface area contributed by atoms with Gasteiger partial charge in [0.25, 0.3) is 0 Å². The Morgan fingerprint density at radius 1 is 1.21 bits per heavy atom. The third-order valence-corrected chi connectivity index (χ3v) is 2.00. The lowest BCUT2D eigenvalue weighted by molar-refractivity contribution is 0.0601. The van der Waals surface area contributed by atoms with Crippen molar-refractivity contribution in [1.82, 2.24) is 0 Å². The lowest BCUT2D eigenvalue weighted by atomic mass is 10.1. The molecule has 4 nitrogen and oxygen atoms in total. The van der Waals surface area contributed by atoms with Gasteiger partial charge in [-0.3, -0.25) is 0 Å². The largest absolute Gasteiger partial charge is 0.474 e. The molecule has 1 unspecified atom stereocenters. The zero-order valence-electron chi connectivity index (χ0n) is 7.72. The predicted molar refractivity (Wildman–Crippen MR) is 52.7 cm³/mol. The van der Waals surface area contributed by atoms with Gasteiger partial charge in [0.15, 0.2) is 6.61 Å². The van der Waals surface area contributed by atoms with Gasteiger partial charge in [0, 0.05) is 0 Å². The fourth-order valence-corrected chi connectivity index (χ4v) is 1.27. The number of hydrogen-bond donors (Lipinski definition) is 1. The van der Waals surface area contributed by atoms with Crippen LogP contribution in [-0.4, -0.2) is 19.1 Å². The van der Waals surface area contributed by atoms with Crippen molar-refractivity contribution in [3.8, 4) is 0 Å². The lowest BCUT2D eigenvalue weighted by Crippen LogP contribution is -2.28. The van der Waals surface area contributed by atoms with Crippen LogP contribution in [0.2, 0.25) is 0 Å². The molecular weight excluding hydrogens is 180 g/mol. The summed E-state index contributed by atoms with van der Waals surface area (Å²) in [4.78, 5) is 4.91. The van der Waals surface area contributed by atoms with Crippen LogP contribution in [0.3, 0.4) is 0 Å². The Morgan fingerprint density at radius 3 is 2.64 bits per heavy atom. The van der Waals surface area contributed by atoms with Crippen molar-refractivity contribution in [1.29, 1.82) is 0 Å². The van der Waals surface area contributed by atoms with Crippen LogP contribution in [0, 0.1) is 0 Å². The molecule has 74 valence electrons. The summed E-state index contributed by atoms with van der Waals surface area (Å²) in [6, 6.07) is 9.34. The van der Waals surface area contributed by atoms with Crippen LogP contribution in [0.25, 0.3) is 0 Å². The molecule has 2 N–H and O–H groups in total. The van der Waals surface area contributed by atoms with Crippen molar-refractivity contribution in [2.75, 3.05) is 13.2 Å². The quantitative estimate of drug-likeness (QED) is 0.761. The van der Waals surface area contributed by atoms with Crippen molar-refractivity contribution in [2.45, 2.75) is 6.04 Å². The third-order valence-electron chi connectivity index (χ3n) is 2.00. The Labute approximate surface area is 82.3 Å². The number of ether oxygens (including phenoxy) is 1. The van der Waals surface area contributed by atoms with E-state index in [0.29, 0.717) is 19.1 Å². The molecule has 14 heavy (non-hydrogen) atoms. The molecule has 1 aromatic carbocycles. The minimum atomic E-state index is -0.337. The fraction of sp³-hybridized carbons (Fsp3) is 0.300. The standard InChI is InChI=1S/C10H12N2O2/c11-9(8-4-2-1-3-5-8)10-12-14-7-6-13-10/h1-5,9H,6-7,11H2. The Bertz CT molecular complexity index is 324. The number of hydrogen-bond acceptors (Lipinski definition) is 4. The summed E-state index contributed by atoms with van der Waals surface area (Å²) in [7, 11) is 0. The predicted octanol–water partition coefficient (Wildman–Crippen LogP) is 1.05. The number of oxime groups is 1. The van der Waals surface area contributed by atoms with Gasteiger partial charge in [0.05, 0.1) is 0 Å². The first-order chi connectivity index (χ1) is 6.88. The maximum absolute atomic E-state index is 5.93. The topological polar surface area (TPSA) is 56.8 Å². The van der Waals surface area contributed by atoms with Crippen molar-refractivity contribution in [3.63, 3.8) is 0 Å². The summed E-state index contributed by atoms with van der Waals surface area (Å²) in [5.41, 5.74) is 6.90. The number of rotatable bonds is 2. The van der Waals surface area contributed by atoms with Crippen molar-refractivity contribution in [3.05, 3.63) is 35.9 Å². The van der Waals surface area contributed by atoms with Gasteiger partial charge in [-0.2, -0.15) is 0 Å². The first-order valence-corrected chi connectivity index (χ1v) is 4.51. The molecule has 1 aromatic rings. The fourth-order valence-electron chi connectivity index (χ4n) is 1.27. The zero-order chi connectivity index (χ0) is 9.80. The van der Waals surface area contributed by atoms with Crippen LogP contribution in [0.4, 0.5) is 0 Å². The molecule has 2 rings (SSSR count). The van der Waals surface area contributed by atoms with E-state index in [9.17, 15) is 0 Å². The Kier molecular flexibility index (Phi) is 2.65. The zero-order valence-corrected chi connectivity index (χ0v) is 7.72. The van der Waals surface area contributed by atoms with E-state index in [1.165, 1.54) is 0 Å². The summed E-state index contributed by atoms with van der Waals surface area (Å²) < 4.78 is 5.29. The molecule has 0 fully saturated rings. The van der Waals surface area contributed by atoms with Gasteiger partial charge < -0.3 is 15.3 Å². The summed E-state index contributed by atoms with van der Waals surface area (Å²) in [5.74, 6) is 0.447. The van der Waals surface area contributed by atoms with Gasteiger partial charge in [-0.05, 0) is 10.7 Å². The van der Waals surface area contributed by atoms with E-state index in [4.69, 9.17) is 15.3 Å². The van der Waals surface area contributed by atoms with Gasteiger partial charge in [0.1, 0.15) is 12.6 Å². The molecule has 0 bridgehead atoms. The maximum atomic E-state index is 5.93. The summed E-state index contributed by atoms with van der Waals surface area (Å²) in [6.07, 6.45) is 0. The van der Waals surface area contributed by atoms with E-state index >= 15 is 0 Å². The molecule has 0 spiro atoms. The first kappa shape index (κ1) is 9.02. The summed E-state index contributed by atoms with van der Waals surface area (Å²) in [5, 5.41) is 3.78. The minimum absolute atomic E-state index is 0.337. The van der Waals surface area contributed by atoms with Crippen LogP contribution in [-0.2, 0) is 9.57 Å². The van der Waals surface area contributed by atoms with Crippen LogP contribution < -0.4 is 5.73 Å². The van der Waals surface area contributed by atoms with E-state index in [0.717, 1.165) is 5.56 Å². The molecule has 1 aliphatic rings. The van der Waals surface area contributed by atoms with Crippen molar-refractivity contribution < 1.29 is 9.57 Å². The highest BCUT2D eigenvalue weighted by Crippen LogP contribution is 2.13. The highest BCUT2D eigenvalue weighted by molar-refractivity contribution is 5.82.